The number of anilines is 2. The summed E-state index contributed by atoms with van der Waals surface area (Å²) in [5.74, 6) is -2.15. The van der Waals surface area contributed by atoms with E-state index in [1.807, 2.05) is 6.07 Å². The highest BCUT2D eigenvalue weighted by molar-refractivity contribution is 9.10. The maximum atomic E-state index is 15.3. The lowest BCUT2D eigenvalue weighted by molar-refractivity contribution is -0.126. The van der Waals surface area contributed by atoms with Gasteiger partial charge in [-0.25, -0.2) is 13.6 Å². The topological polar surface area (TPSA) is 94.0 Å². The van der Waals surface area contributed by atoms with E-state index in [1.54, 1.807) is 24.3 Å². The number of nitrogens with one attached hydrogen (secondary N) is 2. The fourth-order valence-electron chi connectivity index (χ4n) is 3.07. The van der Waals surface area contributed by atoms with Gasteiger partial charge in [0.15, 0.2) is 5.67 Å². The maximum Gasteiger partial charge on any atom is 0.321 e. The minimum atomic E-state index is -2.30. The first-order chi connectivity index (χ1) is 14.3. The molecule has 2 aromatic rings. The third-order valence-electron chi connectivity index (χ3n) is 4.77. The number of amides is 2. The SMILES string of the molecule is O=C(Nc1ccccc1)N1CCC(F)(C(=O)/C(=N/O)Nc2ccc(F)c(Br)c2)CC1. The van der Waals surface area contributed by atoms with Crippen molar-refractivity contribution in [3.63, 3.8) is 0 Å². The summed E-state index contributed by atoms with van der Waals surface area (Å²) in [5.41, 5.74) is -1.44. The summed E-state index contributed by atoms with van der Waals surface area (Å²) in [6.07, 6.45) is -0.496. The van der Waals surface area contributed by atoms with Crippen LogP contribution in [-0.2, 0) is 4.79 Å². The quantitative estimate of drug-likeness (QED) is 0.261. The van der Waals surface area contributed by atoms with E-state index in [1.165, 1.54) is 17.0 Å². The van der Waals surface area contributed by atoms with E-state index in [4.69, 9.17) is 0 Å². The molecule has 0 radical (unpaired) electrons. The second kappa shape index (κ2) is 9.21. The van der Waals surface area contributed by atoms with E-state index in [2.05, 4.69) is 31.7 Å². The number of piperidine rings is 1. The van der Waals surface area contributed by atoms with Gasteiger partial charge in [-0.3, -0.25) is 4.79 Å². The number of carbonyl (C=O) groups is 2. The summed E-state index contributed by atoms with van der Waals surface area (Å²) in [6.45, 7) is 0.0312. The number of Topliss-reactive ketones (excluding diaryl/α,β-unsaturated/α-hetero) is 1. The van der Waals surface area contributed by atoms with Crippen molar-refractivity contribution in [3.05, 3.63) is 58.8 Å². The van der Waals surface area contributed by atoms with Crippen LogP contribution in [0.4, 0.5) is 25.0 Å². The van der Waals surface area contributed by atoms with Crippen molar-refractivity contribution in [1.29, 1.82) is 0 Å². The minimum Gasteiger partial charge on any atom is -0.409 e. The maximum absolute atomic E-state index is 15.3. The second-order valence-electron chi connectivity index (χ2n) is 6.78. The number of hydrogen-bond donors (Lipinski definition) is 3. The Morgan fingerprint density at radius 3 is 2.33 bits per heavy atom. The molecule has 3 rings (SSSR count). The van der Waals surface area contributed by atoms with Crippen LogP contribution in [0.3, 0.4) is 0 Å². The highest BCUT2D eigenvalue weighted by atomic mass is 79.9. The predicted octanol–water partition coefficient (Wildman–Crippen LogP) is 4.39. The first-order valence-electron chi connectivity index (χ1n) is 9.11. The highest BCUT2D eigenvalue weighted by Gasteiger charge is 2.45. The van der Waals surface area contributed by atoms with Gasteiger partial charge in [0.1, 0.15) is 5.82 Å². The molecule has 7 nitrogen and oxygen atoms in total. The molecule has 1 aliphatic rings. The lowest BCUT2D eigenvalue weighted by atomic mass is 9.88. The Morgan fingerprint density at radius 2 is 1.73 bits per heavy atom. The van der Waals surface area contributed by atoms with Crippen LogP contribution in [0.5, 0.6) is 0 Å². The Bertz CT molecular complexity index is 964. The van der Waals surface area contributed by atoms with Gasteiger partial charge < -0.3 is 20.7 Å². The number of rotatable bonds is 4. The number of oxime groups is 1. The molecule has 10 heteroatoms. The van der Waals surface area contributed by atoms with E-state index >= 15 is 4.39 Å². The Labute approximate surface area is 179 Å². The standard InChI is InChI=1S/C20H19BrF2N4O3/c21-15-12-14(6-7-16(15)22)24-18(26-30)17(28)20(23)8-10-27(11-9-20)19(29)25-13-4-2-1-3-5-13/h1-7,12,30H,8-11H2,(H,24,26)(H,25,29). The smallest absolute Gasteiger partial charge is 0.321 e. The zero-order chi connectivity index (χ0) is 21.7. The third-order valence-corrected chi connectivity index (χ3v) is 5.38. The van der Waals surface area contributed by atoms with Crippen LogP contribution in [-0.4, -0.2) is 46.5 Å². The second-order valence-corrected chi connectivity index (χ2v) is 7.63. The molecule has 0 aromatic heterocycles. The van der Waals surface area contributed by atoms with Crippen LogP contribution in [0.2, 0.25) is 0 Å². The average molecular weight is 481 g/mol. The molecule has 0 bridgehead atoms. The molecule has 30 heavy (non-hydrogen) atoms. The highest BCUT2D eigenvalue weighted by Crippen LogP contribution is 2.29. The van der Waals surface area contributed by atoms with Crippen molar-refractivity contribution in [2.24, 2.45) is 5.16 Å². The van der Waals surface area contributed by atoms with E-state index < -0.39 is 23.1 Å². The molecule has 2 amide bonds. The van der Waals surface area contributed by atoms with Crippen molar-refractivity contribution >= 4 is 45.0 Å². The van der Waals surface area contributed by atoms with Crippen LogP contribution < -0.4 is 10.6 Å². The van der Waals surface area contributed by atoms with E-state index in [9.17, 15) is 19.2 Å². The number of carbonyl (C=O) groups excluding carboxylic acids is 2. The molecule has 0 atom stereocenters. The number of nitrogens with zero attached hydrogens (tertiary/aromatic N) is 2. The van der Waals surface area contributed by atoms with Gasteiger partial charge >= 0.3 is 6.03 Å². The summed E-state index contributed by atoms with van der Waals surface area (Å²) < 4.78 is 28.8. The molecular formula is C20H19BrF2N4O3. The van der Waals surface area contributed by atoms with E-state index in [-0.39, 0.29) is 42.1 Å². The predicted molar refractivity (Wildman–Crippen MR) is 112 cm³/mol. The van der Waals surface area contributed by atoms with Crippen LogP contribution in [0.15, 0.2) is 58.2 Å². The number of alkyl halides is 1. The molecule has 1 fully saturated rings. The molecule has 0 unspecified atom stereocenters. The molecular weight excluding hydrogens is 462 g/mol. The number of ketones is 1. The molecule has 0 aliphatic carbocycles. The Morgan fingerprint density at radius 1 is 1.07 bits per heavy atom. The number of halogens is 3. The molecule has 0 spiro atoms. The number of amidine groups is 1. The summed E-state index contributed by atoms with van der Waals surface area (Å²) in [6, 6.07) is 12.2. The van der Waals surface area contributed by atoms with Crippen molar-refractivity contribution in [1.82, 2.24) is 4.90 Å². The summed E-state index contributed by atoms with van der Waals surface area (Å²) in [5, 5.41) is 17.3. The normalized spacial score (nSPS) is 16.1. The van der Waals surface area contributed by atoms with Gasteiger partial charge in [0.2, 0.25) is 11.6 Å². The number of hydrogen-bond acceptors (Lipinski definition) is 4. The van der Waals surface area contributed by atoms with Crippen molar-refractivity contribution < 1.29 is 23.6 Å². The fourth-order valence-corrected chi connectivity index (χ4v) is 3.44. The molecule has 3 N–H and O–H groups in total. The molecule has 0 saturated carbocycles. The Kier molecular flexibility index (Phi) is 6.66. The van der Waals surface area contributed by atoms with Gasteiger partial charge in [-0.05, 0) is 46.3 Å². The van der Waals surface area contributed by atoms with Gasteiger partial charge in [-0.2, -0.15) is 0 Å². The average Bonchev–Trinajstić information content (AvgIpc) is 2.75. The zero-order valence-electron chi connectivity index (χ0n) is 15.7. The number of urea groups is 1. The molecule has 2 aromatic carbocycles. The fraction of sp³-hybridized carbons (Fsp3) is 0.250. The first kappa shape index (κ1) is 21.7. The first-order valence-corrected chi connectivity index (χ1v) is 9.90. The van der Waals surface area contributed by atoms with Crippen LogP contribution >= 0.6 is 15.9 Å². The summed E-state index contributed by atoms with van der Waals surface area (Å²) in [4.78, 5) is 26.4. The number of para-hydroxylation sites is 1. The van der Waals surface area contributed by atoms with Gasteiger partial charge in [-0.1, -0.05) is 23.4 Å². The van der Waals surface area contributed by atoms with Crippen molar-refractivity contribution in [3.8, 4) is 0 Å². The molecule has 1 aliphatic heterocycles. The van der Waals surface area contributed by atoms with Gasteiger partial charge in [0.05, 0.1) is 4.47 Å². The molecule has 1 saturated heterocycles. The Hall–Kier alpha value is -3.01. The zero-order valence-corrected chi connectivity index (χ0v) is 17.3. The van der Waals surface area contributed by atoms with Gasteiger partial charge in [0.25, 0.3) is 0 Å². The molecule has 1 heterocycles. The molecule has 158 valence electrons. The van der Waals surface area contributed by atoms with Gasteiger partial charge in [0, 0.05) is 37.3 Å². The lowest BCUT2D eigenvalue weighted by Gasteiger charge is -2.35. The third kappa shape index (κ3) is 4.93. The van der Waals surface area contributed by atoms with Crippen LogP contribution in [0.25, 0.3) is 0 Å². The van der Waals surface area contributed by atoms with E-state index in [0.29, 0.717) is 5.69 Å². The van der Waals surface area contributed by atoms with Gasteiger partial charge in [-0.15, -0.1) is 0 Å². The number of benzene rings is 2. The Balaban J connectivity index is 1.62. The van der Waals surface area contributed by atoms with Crippen molar-refractivity contribution in [2.45, 2.75) is 18.5 Å². The minimum absolute atomic E-state index is 0.0156. The monoisotopic (exact) mass is 480 g/mol. The summed E-state index contributed by atoms with van der Waals surface area (Å²) in [7, 11) is 0. The summed E-state index contributed by atoms with van der Waals surface area (Å²) >= 11 is 3.01. The number of likely N-dealkylation sites (tertiary alicyclic amines) is 1. The largest absolute Gasteiger partial charge is 0.409 e. The van der Waals surface area contributed by atoms with Crippen LogP contribution in [0, 0.1) is 5.82 Å². The van der Waals surface area contributed by atoms with E-state index in [0.717, 1.165) is 6.07 Å². The van der Waals surface area contributed by atoms with Crippen molar-refractivity contribution in [2.75, 3.05) is 23.7 Å². The van der Waals surface area contributed by atoms with Crippen LogP contribution in [0.1, 0.15) is 12.8 Å². The lowest BCUT2D eigenvalue weighted by Crippen LogP contribution is -2.52.